The molecular weight excluding hydrogens is 1420 g/mol. The summed E-state index contributed by atoms with van der Waals surface area (Å²) in [5.74, 6) is -1.10. The van der Waals surface area contributed by atoms with Crippen molar-refractivity contribution in [3.05, 3.63) is 0 Å². The smallest absolute Gasteiger partial charge is 1.00 e. The molecule has 0 saturated carbocycles. The maximum absolute atomic E-state index is 13.7. The predicted octanol–water partition coefficient (Wildman–Crippen LogP) is 18.7. The number of ether oxygens (including phenoxy) is 2. The van der Waals surface area contributed by atoms with Crippen molar-refractivity contribution in [1.29, 1.82) is 0 Å². The molecule has 6 N–H and O–H groups in total. The van der Waals surface area contributed by atoms with Crippen LogP contribution in [0.3, 0.4) is 0 Å². The van der Waals surface area contributed by atoms with Crippen LogP contribution in [0.5, 0.6) is 0 Å². The molecule has 4 unspecified atom stereocenters. The molecule has 0 aromatic rings. The molecule has 108 heavy (non-hydrogen) atoms. The Morgan fingerprint density at radius 3 is 0.926 bits per heavy atom. The van der Waals surface area contributed by atoms with Gasteiger partial charge in [-0.15, -0.1) is 0 Å². The Bertz CT molecular complexity index is 2130. The summed E-state index contributed by atoms with van der Waals surface area (Å²) in [6.45, 7) is 11.2. The molecule has 632 valence electrons. The van der Waals surface area contributed by atoms with Gasteiger partial charge in [0.1, 0.15) is 12.2 Å². The van der Waals surface area contributed by atoms with Crippen LogP contribution in [0.1, 0.15) is 455 Å². The number of carbonyl (C=O) groups excluding carboxylic acids is 5. The van der Waals surface area contributed by atoms with Crippen molar-refractivity contribution in [1.82, 2.24) is 21.3 Å². The molecule has 0 aromatic heterocycles. The molecule has 0 radical (unpaired) electrons. The van der Waals surface area contributed by atoms with E-state index in [-0.39, 0.29) is 131 Å². The minimum absolute atomic E-state index is 0. The predicted molar refractivity (Wildman–Crippen MR) is 440 cm³/mol. The van der Waals surface area contributed by atoms with E-state index in [9.17, 15) is 42.9 Å². The van der Waals surface area contributed by atoms with Gasteiger partial charge >= 0.3 is 92.7 Å². The van der Waals surface area contributed by atoms with Gasteiger partial charge in [0.2, 0.25) is 11.8 Å². The number of rotatable bonds is 84. The van der Waals surface area contributed by atoms with Crippen LogP contribution in [0.15, 0.2) is 0 Å². The molecule has 0 bridgehead atoms. The van der Waals surface area contributed by atoms with Crippen LogP contribution >= 0.6 is 15.6 Å². The van der Waals surface area contributed by atoms with Gasteiger partial charge in [-0.2, -0.15) is 0 Å². The Balaban J connectivity index is -0.00000919. The minimum atomic E-state index is -4.78. The number of hydrogen-bond acceptors (Lipinski definition) is 13. The quantitative estimate of drug-likeness (QED) is 0.0143. The van der Waals surface area contributed by atoms with Gasteiger partial charge in [0, 0.05) is 45.2 Å². The molecule has 0 aromatic carbocycles. The van der Waals surface area contributed by atoms with Crippen LogP contribution in [-0.2, 0) is 55.9 Å². The number of amides is 4. The average molecular weight is 1600 g/mol. The van der Waals surface area contributed by atoms with E-state index in [0.717, 1.165) is 135 Å². The molecule has 4 amide bonds. The molecule has 0 rings (SSSR count). The normalized spacial score (nSPS) is 13.6. The van der Waals surface area contributed by atoms with Crippen molar-refractivity contribution < 1.29 is 132 Å². The number of carbonyl (C=O) groups is 5. The second-order valence-corrected chi connectivity index (χ2v) is 33.7. The molecule has 19 nitrogen and oxygen atoms in total. The van der Waals surface area contributed by atoms with E-state index in [0.29, 0.717) is 38.5 Å². The first-order valence-corrected chi connectivity index (χ1v) is 47.8. The number of phosphoric ester groups is 2. The molecule has 0 fully saturated rings. The summed E-state index contributed by atoms with van der Waals surface area (Å²) in [6.07, 6.45) is 64.9. The Labute approximate surface area is 710 Å². The van der Waals surface area contributed by atoms with Crippen molar-refractivity contribution in [3.8, 4) is 0 Å². The minimum Gasteiger partial charge on any atom is -1.00 e. The van der Waals surface area contributed by atoms with E-state index in [1.165, 1.54) is 212 Å². The van der Waals surface area contributed by atoms with E-state index >= 15 is 0 Å². The van der Waals surface area contributed by atoms with Gasteiger partial charge in [-0.25, -0.2) is 13.9 Å². The van der Waals surface area contributed by atoms with E-state index in [4.69, 9.17) is 27.6 Å². The largest absolute Gasteiger partial charge is 1.00 e. The standard InChI is InChI=1S/C85H168N4O15P2.2Na.2H/c1-7-13-19-25-31-37-39-44-48-54-60-66-81(90)88-77(74-78(64-58-52-46-36-30-24-18-12-6)103-83(92)68-62-56-50-42-34-28-22-16-10-4)75-101-105(95,96)99-72-70-86-85(94)87-71-73-100-106(97,98)102-76-79(89-82(91)67-61-55-49-45-40-38-32-26-20-14-8-2)80(65-59-53-47-41-33-27-21-15-9-3)104-84(93)69-63-57-51-43-35-29-23-17-11-5;;;;/h77-80H,7-76H2,1-6H3,(H,88,90)(H,89,91)(H,95,96)(H,97,98)(H2,86,87,94);;;;/q;2*+1;2*-1/t77-,78?,79+,80?;;;;/m1..../s1. The summed E-state index contributed by atoms with van der Waals surface area (Å²) in [6, 6.07) is -2.40. The van der Waals surface area contributed by atoms with Gasteiger partial charge < -0.3 is 43.4 Å². The van der Waals surface area contributed by atoms with Gasteiger partial charge in [0.05, 0.1) is 38.5 Å². The monoisotopic (exact) mass is 1600 g/mol. The van der Waals surface area contributed by atoms with E-state index in [1.807, 2.05) is 0 Å². The van der Waals surface area contributed by atoms with Crippen LogP contribution in [0.4, 0.5) is 4.79 Å². The topological polar surface area (TPSA) is 263 Å². The summed E-state index contributed by atoms with van der Waals surface area (Å²) < 4.78 is 61.0. The van der Waals surface area contributed by atoms with Crippen LogP contribution in [-0.4, -0.2) is 103 Å². The van der Waals surface area contributed by atoms with Crippen molar-refractivity contribution in [2.45, 2.75) is 477 Å². The van der Waals surface area contributed by atoms with Crippen molar-refractivity contribution in [2.24, 2.45) is 0 Å². The zero-order valence-corrected chi connectivity index (χ0v) is 77.2. The van der Waals surface area contributed by atoms with Crippen molar-refractivity contribution in [3.63, 3.8) is 0 Å². The van der Waals surface area contributed by atoms with Crippen LogP contribution in [0, 0.1) is 0 Å². The number of unbranched alkanes of at least 4 members (excludes halogenated alkanes) is 51. The number of nitrogens with one attached hydrogen (secondary N) is 4. The summed E-state index contributed by atoms with van der Waals surface area (Å²) in [4.78, 5) is 89.1. The van der Waals surface area contributed by atoms with Crippen molar-refractivity contribution >= 4 is 45.4 Å². The molecule has 0 aliphatic rings. The molecule has 0 aliphatic heterocycles. The van der Waals surface area contributed by atoms with E-state index in [1.54, 1.807) is 0 Å². The molecular formula is C85H170N4Na2O15P2. The molecule has 0 aliphatic carbocycles. The number of esters is 2. The van der Waals surface area contributed by atoms with Gasteiger partial charge in [-0.1, -0.05) is 369 Å². The van der Waals surface area contributed by atoms with Gasteiger partial charge in [0.25, 0.3) is 0 Å². The summed E-state index contributed by atoms with van der Waals surface area (Å²) in [5.41, 5.74) is 0. The van der Waals surface area contributed by atoms with Gasteiger partial charge in [-0.3, -0.25) is 37.3 Å². The van der Waals surface area contributed by atoms with E-state index < -0.39 is 65.8 Å². The van der Waals surface area contributed by atoms with Gasteiger partial charge in [-0.05, 0) is 51.4 Å². The SMILES string of the molecule is CCCCCCCCCCCCCC(=O)N[C@@H](COP(=O)(O)OCCNC(=O)NCCOP(=O)(O)OC[C@H](NC(=O)CCCCCCCCCCCCC)C(CCCCCCCCCCC)OC(=O)CCCCCCCCCCC)CC(CCCCCCCCCC)OC(=O)CCCCCCCCCCC.[H-].[H-].[Na+].[Na+]. The second kappa shape index (κ2) is 84.3. The van der Waals surface area contributed by atoms with E-state index in [2.05, 4.69) is 62.8 Å². The summed E-state index contributed by atoms with van der Waals surface area (Å²) in [7, 11) is -9.52. The number of urea groups is 1. The summed E-state index contributed by atoms with van der Waals surface area (Å²) >= 11 is 0. The molecule has 0 heterocycles. The third-order valence-corrected chi connectivity index (χ3v) is 22.4. The third-order valence-electron chi connectivity index (χ3n) is 20.4. The first kappa shape index (κ1) is 112. The molecule has 0 spiro atoms. The first-order chi connectivity index (χ1) is 51.5. The average Bonchev–Trinajstić information content (AvgIpc) is 0.888. The first-order valence-electron chi connectivity index (χ1n) is 44.8. The zero-order valence-electron chi connectivity index (χ0n) is 73.4. The van der Waals surface area contributed by atoms with Crippen molar-refractivity contribution in [2.75, 3.05) is 39.5 Å². The Morgan fingerprint density at radius 1 is 0.324 bits per heavy atom. The fourth-order valence-electron chi connectivity index (χ4n) is 13.7. The molecule has 0 saturated heterocycles. The Morgan fingerprint density at radius 2 is 0.593 bits per heavy atom. The summed E-state index contributed by atoms with van der Waals surface area (Å²) in [5, 5.41) is 11.1. The number of hydrogen-bond donors (Lipinski definition) is 6. The van der Waals surface area contributed by atoms with Gasteiger partial charge in [0.15, 0.2) is 0 Å². The molecule has 6 atom stereocenters. The van der Waals surface area contributed by atoms with Crippen LogP contribution in [0.25, 0.3) is 0 Å². The van der Waals surface area contributed by atoms with Crippen LogP contribution < -0.4 is 80.4 Å². The fourth-order valence-corrected chi connectivity index (χ4v) is 15.2. The Hall–Kier alpha value is -0.630. The Kier molecular flexibility index (Phi) is 87.0. The van der Waals surface area contributed by atoms with Crippen LogP contribution in [0.2, 0.25) is 0 Å². The number of phosphoric acid groups is 2. The maximum atomic E-state index is 13.7. The molecule has 23 heteroatoms. The zero-order chi connectivity index (χ0) is 77.8. The maximum Gasteiger partial charge on any atom is 1.00 e. The fraction of sp³-hybridized carbons (Fsp3) is 0.941. The third kappa shape index (κ3) is 79.2. The second-order valence-electron chi connectivity index (χ2n) is 30.8.